The molecule has 0 radical (unpaired) electrons. The van der Waals surface area contributed by atoms with Gasteiger partial charge in [0, 0.05) is 37.6 Å². The molecule has 0 aliphatic rings. The van der Waals surface area contributed by atoms with Crippen molar-refractivity contribution >= 4 is 17.7 Å². The molecule has 5 heteroatoms. The second kappa shape index (κ2) is 6.70. The third-order valence-corrected chi connectivity index (χ3v) is 3.29. The minimum Gasteiger partial charge on any atom is -0.341 e. The summed E-state index contributed by atoms with van der Waals surface area (Å²) in [6.07, 6.45) is 6.85. The minimum absolute atomic E-state index is 0.455. The van der Waals surface area contributed by atoms with Gasteiger partial charge in [-0.05, 0) is 25.4 Å². The standard InChI is InChI=1S/C11H20N4S/c1-9(4-5-16-3)15(2)11-13-7-10(6-12)8-14-11/h7-9H,4-6,12H2,1-3H3. The smallest absolute Gasteiger partial charge is 0.225 e. The van der Waals surface area contributed by atoms with Gasteiger partial charge in [-0.1, -0.05) is 0 Å². The van der Waals surface area contributed by atoms with Gasteiger partial charge in [-0.15, -0.1) is 0 Å². The molecule has 4 nitrogen and oxygen atoms in total. The number of nitrogens with zero attached hydrogens (tertiary/aromatic N) is 3. The van der Waals surface area contributed by atoms with Crippen LogP contribution in [0.4, 0.5) is 5.95 Å². The van der Waals surface area contributed by atoms with Crippen molar-refractivity contribution in [3.8, 4) is 0 Å². The van der Waals surface area contributed by atoms with E-state index in [0.29, 0.717) is 12.6 Å². The van der Waals surface area contributed by atoms with Crippen molar-refractivity contribution in [1.82, 2.24) is 9.97 Å². The number of aromatic nitrogens is 2. The first-order valence-electron chi connectivity index (χ1n) is 5.41. The fourth-order valence-corrected chi connectivity index (χ4v) is 1.89. The summed E-state index contributed by atoms with van der Waals surface area (Å²) in [6.45, 7) is 2.68. The Bertz CT molecular complexity index is 301. The van der Waals surface area contributed by atoms with Crippen LogP contribution in [0.3, 0.4) is 0 Å². The summed E-state index contributed by atoms with van der Waals surface area (Å²) in [5, 5.41) is 0. The van der Waals surface area contributed by atoms with Crippen LogP contribution in [0, 0.1) is 0 Å². The van der Waals surface area contributed by atoms with Crippen LogP contribution >= 0.6 is 11.8 Å². The first-order valence-corrected chi connectivity index (χ1v) is 6.81. The van der Waals surface area contributed by atoms with Gasteiger partial charge in [0.15, 0.2) is 0 Å². The predicted molar refractivity (Wildman–Crippen MR) is 70.8 cm³/mol. The fraction of sp³-hybridized carbons (Fsp3) is 0.636. The van der Waals surface area contributed by atoms with E-state index in [-0.39, 0.29) is 0 Å². The molecule has 90 valence electrons. The van der Waals surface area contributed by atoms with Crippen LogP contribution < -0.4 is 10.6 Å². The Morgan fingerprint density at radius 2 is 2.06 bits per heavy atom. The Hall–Kier alpha value is -0.810. The maximum Gasteiger partial charge on any atom is 0.225 e. The lowest BCUT2D eigenvalue weighted by Crippen LogP contribution is -2.30. The number of hydrogen-bond donors (Lipinski definition) is 1. The van der Waals surface area contributed by atoms with Gasteiger partial charge in [0.05, 0.1) is 0 Å². The second-order valence-electron chi connectivity index (χ2n) is 3.84. The van der Waals surface area contributed by atoms with Crippen LogP contribution in [0.15, 0.2) is 12.4 Å². The predicted octanol–water partition coefficient (Wildman–Crippen LogP) is 1.51. The quantitative estimate of drug-likeness (QED) is 0.817. The van der Waals surface area contributed by atoms with E-state index in [1.807, 2.05) is 18.8 Å². The summed E-state index contributed by atoms with van der Waals surface area (Å²) in [5.41, 5.74) is 6.47. The monoisotopic (exact) mass is 240 g/mol. The van der Waals surface area contributed by atoms with Crippen molar-refractivity contribution in [3.63, 3.8) is 0 Å². The maximum atomic E-state index is 5.51. The molecule has 1 aromatic rings. The normalized spacial score (nSPS) is 12.5. The molecule has 1 unspecified atom stereocenters. The van der Waals surface area contributed by atoms with Crippen molar-refractivity contribution in [2.45, 2.75) is 25.9 Å². The first-order chi connectivity index (χ1) is 7.69. The van der Waals surface area contributed by atoms with Crippen LogP contribution in [0.2, 0.25) is 0 Å². The molecule has 0 saturated carbocycles. The highest BCUT2D eigenvalue weighted by Gasteiger charge is 2.11. The number of nitrogens with two attached hydrogens (primary N) is 1. The number of rotatable bonds is 6. The molecular weight excluding hydrogens is 220 g/mol. The van der Waals surface area contributed by atoms with Crippen LogP contribution in [0.1, 0.15) is 18.9 Å². The van der Waals surface area contributed by atoms with Gasteiger partial charge in [-0.25, -0.2) is 9.97 Å². The third kappa shape index (κ3) is 3.64. The number of hydrogen-bond acceptors (Lipinski definition) is 5. The van der Waals surface area contributed by atoms with Crippen molar-refractivity contribution in [2.75, 3.05) is 24.0 Å². The third-order valence-electron chi connectivity index (χ3n) is 2.64. The summed E-state index contributed by atoms with van der Waals surface area (Å²) in [6, 6.07) is 0.455. The molecule has 0 spiro atoms. The summed E-state index contributed by atoms with van der Waals surface area (Å²) in [7, 11) is 2.03. The summed E-state index contributed by atoms with van der Waals surface area (Å²) >= 11 is 1.86. The average molecular weight is 240 g/mol. The lowest BCUT2D eigenvalue weighted by molar-refractivity contribution is 0.652. The molecule has 0 aromatic carbocycles. The molecule has 1 heterocycles. The highest BCUT2D eigenvalue weighted by atomic mass is 32.2. The molecule has 0 amide bonds. The van der Waals surface area contributed by atoms with Crippen molar-refractivity contribution in [2.24, 2.45) is 5.73 Å². The van der Waals surface area contributed by atoms with Crippen LogP contribution in [0.5, 0.6) is 0 Å². The van der Waals surface area contributed by atoms with E-state index in [1.54, 1.807) is 12.4 Å². The molecule has 0 aliphatic carbocycles. The van der Waals surface area contributed by atoms with E-state index < -0.39 is 0 Å². The zero-order valence-corrected chi connectivity index (χ0v) is 11.0. The summed E-state index contributed by atoms with van der Waals surface area (Å²) < 4.78 is 0. The maximum absolute atomic E-state index is 5.51. The lowest BCUT2D eigenvalue weighted by Gasteiger charge is -2.24. The van der Waals surface area contributed by atoms with Gasteiger partial charge >= 0.3 is 0 Å². The average Bonchev–Trinajstić information content (AvgIpc) is 2.35. The molecule has 1 rings (SSSR count). The summed E-state index contributed by atoms with van der Waals surface area (Å²) in [5.74, 6) is 1.93. The molecule has 1 atom stereocenters. The number of thioether (sulfide) groups is 1. The van der Waals surface area contributed by atoms with Crippen LogP contribution in [0.25, 0.3) is 0 Å². The van der Waals surface area contributed by atoms with Gasteiger partial charge in [0.1, 0.15) is 0 Å². The largest absolute Gasteiger partial charge is 0.341 e. The van der Waals surface area contributed by atoms with E-state index >= 15 is 0 Å². The van der Waals surface area contributed by atoms with E-state index in [4.69, 9.17) is 5.73 Å². The molecular formula is C11H20N4S. The molecule has 0 bridgehead atoms. The Labute approximate surface area is 102 Å². The first kappa shape index (κ1) is 13.3. The van der Waals surface area contributed by atoms with Gasteiger partial charge < -0.3 is 10.6 Å². The van der Waals surface area contributed by atoms with Crippen LogP contribution in [-0.2, 0) is 6.54 Å². The molecule has 0 aliphatic heterocycles. The molecule has 0 saturated heterocycles. The summed E-state index contributed by atoms with van der Waals surface area (Å²) in [4.78, 5) is 10.7. The van der Waals surface area contributed by atoms with Crippen LogP contribution in [-0.4, -0.2) is 35.1 Å². The zero-order valence-electron chi connectivity index (χ0n) is 10.2. The van der Waals surface area contributed by atoms with Gasteiger partial charge in [-0.3, -0.25) is 0 Å². The van der Waals surface area contributed by atoms with E-state index in [1.165, 1.54) is 0 Å². The van der Waals surface area contributed by atoms with Gasteiger partial charge in [0.25, 0.3) is 0 Å². The van der Waals surface area contributed by atoms with E-state index in [2.05, 4.69) is 28.0 Å². The SMILES string of the molecule is CSCCC(C)N(C)c1ncc(CN)cn1. The highest BCUT2D eigenvalue weighted by Crippen LogP contribution is 2.12. The highest BCUT2D eigenvalue weighted by molar-refractivity contribution is 7.98. The minimum atomic E-state index is 0.455. The molecule has 1 aromatic heterocycles. The van der Waals surface area contributed by atoms with Crippen molar-refractivity contribution in [1.29, 1.82) is 0 Å². The van der Waals surface area contributed by atoms with Crippen molar-refractivity contribution < 1.29 is 0 Å². The topological polar surface area (TPSA) is 55.0 Å². The fourth-order valence-electron chi connectivity index (χ4n) is 1.31. The molecule has 16 heavy (non-hydrogen) atoms. The van der Waals surface area contributed by atoms with E-state index in [9.17, 15) is 0 Å². The Kier molecular flexibility index (Phi) is 5.55. The Balaban J connectivity index is 2.60. The molecule has 2 N–H and O–H groups in total. The van der Waals surface area contributed by atoms with E-state index in [0.717, 1.165) is 23.7 Å². The molecule has 0 fully saturated rings. The Morgan fingerprint density at radius 3 is 2.56 bits per heavy atom. The van der Waals surface area contributed by atoms with Gasteiger partial charge in [-0.2, -0.15) is 11.8 Å². The van der Waals surface area contributed by atoms with Gasteiger partial charge in [0.2, 0.25) is 5.95 Å². The number of anilines is 1. The van der Waals surface area contributed by atoms with Crippen molar-refractivity contribution in [3.05, 3.63) is 18.0 Å². The zero-order chi connectivity index (χ0) is 12.0. The second-order valence-corrected chi connectivity index (χ2v) is 4.82. The lowest BCUT2D eigenvalue weighted by atomic mass is 10.2. The Morgan fingerprint density at radius 1 is 1.44 bits per heavy atom.